The van der Waals surface area contributed by atoms with Gasteiger partial charge < -0.3 is 15.2 Å². The molecule has 0 saturated heterocycles. The highest BCUT2D eigenvalue weighted by Crippen LogP contribution is 2.16. The van der Waals surface area contributed by atoms with Crippen LogP contribution in [0.3, 0.4) is 0 Å². The van der Waals surface area contributed by atoms with Crippen LogP contribution in [0.1, 0.15) is 22.0 Å². The Labute approximate surface area is 135 Å². The summed E-state index contributed by atoms with van der Waals surface area (Å²) in [7, 11) is 0. The number of aryl methyl sites for hydroxylation is 1. The van der Waals surface area contributed by atoms with Crippen LogP contribution in [0.2, 0.25) is 0 Å². The van der Waals surface area contributed by atoms with Gasteiger partial charge in [0.1, 0.15) is 11.5 Å². The normalized spacial score (nSPS) is 13.5. The maximum atomic E-state index is 12.2. The van der Waals surface area contributed by atoms with Crippen molar-refractivity contribution in [1.82, 2.24) is 19.4 Å². The second-order valence-corrected chi connectivity index (χ2v) is 5.91. The third kappa shape index (κ3) is 2.93. The van der Waals surface area contributed by atoms with Gasteiger partial charge in [-0.15, -0.1) is 11.3 Å². The minimum atomic E-state index is -0.741. The summed E-state index contributed by atoms with van der Waals surface area (Å²) in [6.45, 7) is 2.61. The molecule has 0 atom stereocenters. The van der Waals surface area contributed by atoms with E-state index in [1.54, 1.807) is 16.9 Å². The minimum absolute atomic E-state index is 0.149. The van der Waals surface area contributed by atoms with E-state index < -0.39 is 17.7 Å². The number of hydrogen-bond donors (Lipinski definition) is 2. The van der Waals surface area contributed by atoms with E-state index in [2.05, 4.69) is 15.3 Å². The number of nitrogens with one attached hydrogen (secondary N) is 1. The zero-order valence-electron chi connectivity index (χ0n) is 12.3. The molecule has 1 aliphatic heterocycles. The van der Waals surface area contributed by atoms with Crippen molar-refractivity contribution in [3.8, 4) is 0 Å². The van der Waals surface area contributed by atoms with Crippen LogP contribution in [0.5, 0.6) is 0 Å². The van der Waals surface area contributed by atoms with Crippen molar-refractivity contribution in [3.05, 3.63) is 28.8 Å². The number of carbonyl (C=O) groups excluding carboxylic acids is 3. The van der Waals surface area contributed by atoms with Crippen LogP contribution in [0, 0.1) is 6.92 Å². The van der Waals surface area contributed by atoms with Crippen molar-refractivity contribution in [1.29, 1.82) is 0 Å². The van der Waals surface area contributed by atoms with Crippen LogP contribution in [0.4, 0.5) is 5.13 Å². The summed E-state index contributed by atoms with van der Waals surface area (Å²) in [6.07, 6.45) is 1.38. The molecular weight excluding hydrogens is 320 g/mol. The number of carbonyl (C=O) groups is 3. The van der Waals surface area contributed by atoms with Crippen LogP contribution in [0.25, 0.3) is 0 Å². The van der Waals surface area contributed by atoms with Crippen LogP contribution < -0.4 is 11.1 Å². The SMILES string of the molecule is Cc1csc(NC(=O)C(=O)N2CCn3c(C(N)=O)cnc3C2)n1. The van der Waals surface area contributed by atoms with Gasteiger partial charge in [-0.2, -0.15) is 0 Å². The fourth-order valence-corrected chi connectivity index (χ4v) is 3.02. The zero-order chi connectivity index (χ0) is 16.6. The third-order valence-electron chi connectivity index (χ3n) is 3.44. The van der Waals surface area contributed by atoms with Gasteiger partial charge in [0, 0.05) is 18.5 Å². The van der Waals surface area contributed by atoms with Crippen molar-refractivity contribution in [2.45, 2.75) is 20.0 Å². The number of anilines is 1. The van der Waals surface area contributed by atoms with Gasteiger partial charge in [0.15, 0.2) is 5.13 Å². The molecule has 2 aromatic heterocycles. The zero-order valence-corrected chi connectivity index (χ0v) is 13.1. The molecule has 0 unspecified atom stereocenters. The number of rotatable bonds is 2. The molecule has 3 amide bonds. The number of nitrogens with zero attached hydrogens (tertiary/aromatic N) is 4. The first kappa shape index (κ1) is 15.2. The van der Waals surface area contributed by atoms with Crippen LogP contribution in [0.15, 0.2) is 11.6 Å². The molecule has 1 aliphatic rings. The molecular formula is C13H14N6O3S. The Balaban J connectivity index is 1.69. The molecule has 23 heavy (non-hydrogen) atoms. The highest BCUT2D eigenvalue weighted by Gasteiger charge is 2.28. The van der Waals surface area contributed by atoms with Crippen molar-refractivity contribution in [2.75, 3.05) is 11.9 Å². The topological polar surface area (TPSA) is 123 Å². The number of amides is 3. The lowest BCUT2D eigenvalue weighted by molar-refractivity contribution is -0.144. The number of fused-ring (bicyclic) bond motifs is 1. The second-order valence-electron chi connectivity index (χ2n) is 5.05. The summed E-state index contributed by atoms with van der Waals surface area (Å²) in [5, 5.41) is 4.65. The number of primary amides is 1. The maximum absolute atomic E-state index is 12.2. The van der Waals surface area contributed by atoms with E-state index in [0.29, 0.717) is 29.7 Å². The van der Waals surface area contributed by atoms with Gasteiger partial charge in [0.2, 0.25) is 0 Å². The predicted molar refractivity (Wildman–Crippen MR) is 81.6 cm³/mol. The lowest BCUT2D eigenvalue weighted by Gasteiger charge is -2.27. The van der Waals surface area contributed by atoms with Crippen molar-refractivity contribution in [3.63, 3.8) is 0 Å². The summed E-state index contributed by atoms with van der Waals surface area (Å²) < 4.78 is 1.66. The maximum Gasteiger partial charge on any atom is 0.315 e. The summed E-state index contributed by atoms with van der Waals surface area (Å²) in [4.78, 5) is 45.1. The highest BCUT2D eigenvalue weighted by atomic mass is 32.1. The number of nitrogens with two attached hydrogens (primary N) is 1. The summed E-state index contributed by atoms with van der Waals surface area (Å²) in [5.41, 5.74) is 6.34. The van der Waals surface area contributed by atoms with E-state index in [1.165, 1.54) is 22.4 Å². The first-order valence-corrected chi connectivity index (χ1v) is 7.70. The molecule has 0 aliphatic carbocycles. The first-order chi connectivity index (χ1) is 11.0. The average molecular weight is 334 g/mol. The van der Waals surface area contributed by atoms with E-state index in [0.717, 1.165) is 5.69 Å². The Morgan fingerprint density at radius 2 is 2.13 bits per heavy atom. The van der Waals surface area contributed by atoms with Gasteiger partial charge in [0.25, 0.3) is 5.91 Å². The number of hydrogen-bond acceptors (Lipinski definition) is 6. The van der Waals surface area contributed by atoms with Crippen molar-refractivity contribution < 1.29 is 14.4 Å². The fraction of sp³-hybridized carbons (Fsp3) is 0.308. The Morgan fingerprint density at radius 1 is 1.35 bits per heavy atom. The molecule has 3 heterocycles. The second kappa shape index (κ2) is 5.80. The largest absolute Gasteiger partial charge is 0.364 e. The molecule has 0 saturated carbocycles. The smallest absolute Gasteiger partial charge is 0.315 e. The molecule has 9 nitrogen and oxygen atoms in total. The molecule has 120 valence electrons. The summed E-state index contributed by atoms with van der Waals surface area (Å²) >= 11 is 1.26. The van der Waals surface area contributed by atoms with Crippen molar-refractivity contribution >= 4 is 34.2 Å². The van der Waals surface area contributed by atoms with E-state index in [9.17, 15) is 14.4 Å². The molecule has 2 aromatic rings. The van der Waals surface area contributed by atoms with Crippen LogP contribution in [-0.4, -0.2) is 43.7 Å². The molecule has 3 rings (SSSR count). The average Bonchev–Trinajstić information content (AvgIpc) is 3.11. The van der Waals surface area contributed by atoms with Gasteiger partial charge in [-0.3, -0.25) is 19.7 Å². The van der Waals surface area contributed by atoms with Gasteiger partial charge in [-0.05, 0) is 6.92 Å². The summed E-state index contributed by atoms with van der Waals surface area (Å²) in [6, 6.07) is 0. The highest BCUT2D eigenvalue weighted by molar-refractivity contribution is 7.14. The van der Waals surface area contributed by atoms with Gasteiger partial charge >= 0.3 is 11.8 Å². The predicted octanol–water partition coefficient (Wildman–Crippen LogP) is -0.272. The number of aromatic nitrogens is 3. The number of thiazole rings is 1. The lowest BCUT2D eigenvalue weighted by Crippen LogP contribution is -2.44. The molecule has 0 fully saturated rings. The van der Waals surface area contributed by atoms with E-state index in [1.807, 2.05) is 0 Å². The van der Waals surface area contributed by atoms with Gasteiger partial charge in [-0.25, -0.2) is 9.97 Å². The Kier molecular flexibility index (Phi) is 3.82. The molecule has 10 heteroatoms. The van der Waals surface area contributed by atoms with E-state index in [4.69, 9.17) is 5.73 Å². The van der Waals surface area contributed by atoms with Crippen molar-refractivity contribution in [2.24, 2.45) is 5.73 Å². The minimum Gasteiger partial charge on any atom is -0.364 e. The van der Waals surface area contributed by atoms with Crippen LogP contribution >= 0.6 is 11.3 Å². The number of imidazole rings is 1. The fourth-order valence-electron chi connectivity index (χ4n) is 2.34. The molecule has 0 spiro atoms. The standard InChI is InChI=1S/C13H14N6O3S/c1-7-6-23-13(16-7)17-11(21)12(22)18-2-3-19-8(10(14)20)4-15-9(19)5-18/h4,6H,2-3,5H2,1H3,(H2,14,20)(H,16,17,21). The lowest BCUT2D eigenvalue weighted by atomic mass is 10.3. The van der Waals surface area contributed by atoms with Gasteiger partial charge in [-0.1, -0.05) is 0 Å². The summed E-state index contributed by atoms with van der Waals surface area (Å²) in [5.74, 6) is -1.45. The molecule has 0 bridgehead atoms. The monoisotopic (exact) mass is 334 g/mol. The van der Waals surface area contributed by atoms with Gasteiger partial charge in [0.05, 0.1) is 18.4 Å². The van der Waals surface area contributed by atoms with E-state index in [-0.39, 0.29) is 6.54 Å². The molecule has 0 aromatic carbocycles. The first-order valence-electron chi connectivity index (χ1n) is 6.82. The Morgan fingerprint density at radius 3 is 2.78 bits per heavy atom. The molecule has 3 N–H and O–H groups in total. The van der Waals surface area contributed by atoms with E-state index >= 15 is 0 Å². The Bertz CT molecular complexity index is 795. The van der Waals surface area contributed by atoms with Crippen LogP contribution in [-0.2, 0) is 22.7 Å². The quantitative estimate of drug-likeness (QED) is 0.732. The third-order valence-corrected chi connectivity index (χ3v) is 4.31. The Hall–Kier alpha value is -2.75. The molecule has 0 radical (unpaired) electrons.